The molecule has 0 bridgehead atoms. The van der Waals surface area contributed by atoms with Crippen LogP contribution in [0.25, 0.3) is 10.8 Å². The number of carbonyl (C=O) groups excluding carboxylic acids is 1. The number of nitrogens with one attached hydrogen (secondary N) is 1. The fourth-order valence-electron chi connectivity index (χ4n) is 3.69. The highest BCUT2D eigenvalue weighted by molar-refractivity contribution is 5.85. The van der Waals surface area contributed by atoms with Crippen LogP contribution in [0.4, 0.5) is 0 Å². The Bertz CT molecular complexity index is 796. The minimum Gasteiger partial charge on any atom is -0.481 e. The standard InChI is InChI=1S/C20H21NO3/c22-19(23)11-18(21-20(24)17-10-16(17)13-6-7-13)15-8-5-12-3-1-2-4-14(12)9-15/h1-5,8-9,13,16-18H,6-7,10-11H2,(H,21,24)(H,22,23)/t16?,17?,18-/m0/s1. The van der Waals surface area contributed by atoms with E-state index in [1.807, 2.05) is 42.5 Å². The Balaban J connectivity index is 1.53. The molecule has 0 aliphatic heterocycles. The van der Waals surface area contributed by atoms with Crippen LogP contribution in [0.15, 0.2) is 42.5 Å². The maximum absolute atomic E-state index is 12.5. The van der Waals surface area contributed by atoms with Crippen molar-refractivity contribution < 1.29 is 14.7 Å². The van der Waals surface area contributed by atoms with Crippen molar-refractivity contribution in [3.8, 4) is 0 Å². The van der Waals surface area contributed by atoms with E-state index in [0.717, 1.165) is 28.7 Å². The third kappa shape index (κ3) is 3.14. The lowest BCUT2D eigenvalue weighted by Gasteiger charge is -2.18. The molecule has 2 fully saturated rings. The Labute approximate surface area is 140 Å². The second-order valence-corrected chi connectivity index (χ2v) is 7.11. The summed E-state index contributed by atoms with van der Waals surface area (Å²) in [6, 6.07) is 13.4. The van der Waals surface area contributed by atoms with Gasteiger partial charge in [-0.3, -0.25) is 9.59 Å². The van der Waals surface area contributed by atoms with Crippen molar-refractivity contribution in [2.45, 2.75) is 31.7 Å². The van der Waals surface area contributed by atoms with Crippen LogP contribution in [0.1, 0.15) is 37.3 Å². The lowest BCUT2D eigenvalue weighted by Crippen LogP contribution is -2.31. The highest BCUT2D eigenvalue weighted by Gasteiger charge is 2.51. The first-order chi connectivity index (χ1) is 11.6. The average molecular weight is 323 g/mol. The first kappa shape index (κ1) is 15.2. The minimum absolute atomic E-state index is 0.0197. The molecular weight excluding hydrogens is 302 g/mol. The number of carboxylic acids is 1. The van der Waals surface area contributed by atoms with E-state index in [-0.39, 0.29) is 18.2 Å². The predicted octanol–water partition coefficient (Wildman–Crippen LogP) is 3.52. The van der Waals surface area contributed by atoms with Crippen molar-refractivity contribution in [2.24, 2.45) is 17.8 Å². The second-order valence-electron chi connectivity index (χ2n) is 7.11. The van der Waals surface area contributed by atoms with Gasteiger partial charge in [0.2, 0.25) is 5.91 Å². The van der Waals surface area contributed by atoms with Crippen LogP contribution in [0.3, 0.4) is 0 Å². The number of carbonyl (C=O) groups is 2. The maximum atomic E-state index is 12.5. The molecule has 4 nitrogen and oxygen atoms in total. The predicted molar refractivity (Wildman–Crippen MR) is 91.4 cm³/mol. The largest absolute Gasteiger partial charge is 0.481 e. The van der Waals surface area contributed by atoms with Crippen molar-refractivity contribution >= 4 is 22.6 Å². The van der Waals surface area contributed by atoms with E-state index in [1.54, 1.807) is 0 Å². The number of hydrogen-bond donors (Lipinski definition) is 2. The van der Waals surface area contributed by atoms with Crippen molar-refractivity contribution in [3.05, 3.63) is 48.0 Å². The molecule has 1 amide bonds. The quantitative estimate of drug-likeness (QED) is 0.855. The van der Waals surface area contributed by atoms with Crippen molar-refractivity contribution in [2.75, 3.05) is 0 Å². The third-order valence-electron chi connectivity index (χ3n) is 5.28. The Kier molecular flexibility index (Phi) is 3.75. The highest BCUT2D eigenvalue weighted by atomic mass is 16.4. The van der Waals surface area contributed by atoms with Gasteiger partial charge in [0.05, 0.1) is 12.5 Å². The monoisotopic (exact) mass is 323 g/mol. The highest BCUT2D eigenvalue weighted by Crippen LogP contribution is 2.54. The molecule has 2 aromatic carbocycles. The normalized spacial score (nSPS) is 23.7. The van der Waals surface area contributed by atoms with Gasteiger partial charge in [-0.25, -0.2) is 0 Å². The molecule has 2 unspecified atom stereocenters. The molecule has 4 heteroatoms. The summed E-state index contributed by atoms with van der Waals surface area (Å²) in [5, 5.41) is 14.4. The van der Waals surface area contributed by atoms with E-state index >= 15 is 0 Å². The van der Waals surface area contributed by atoms with Crippen LogP contribution >= 0.6 is 0 Å². The summed E-state index contributed by atoms with van der Waals surface area (Å²) in [6.45, 7) is 0. The summed E-state index contributed by atoms with van der Waals surface area (Å²) in [5.74, 6) is 0.481. The molecule has 0 saturated heterocycles. The molecular formula is C20H21NO3. The molecule has 2 N–H and O–H groups in total. The first-order valence-electron chi connectivity index (χ1n) is 8.62. The second kappa shape index (κ2) is 5.93. The van der Waals surface area contributed by atoms with Gasteiger partial charge in [-0.15, -0.1) is 0 Å². The van der Waals surface area contributed by atoms with E-state index in [0.29, 0.717) is 5.92 Å². The van der Waals surface area contributed by atoms with E-state index in [4.69, 9.17) is 0 Å². The third-order valence-corrected chi connectivity index (χ3v) is 5.28. The summed E-state index contributed by atoms with van der Waals surface area (Å²) < 4.78 is 0. The summed E-state index contributed by atoms with van der Waals surface area (Å²) in [6.07, 6.45) is 3.37. The van der Waals surface area contributed by atoms with Gasteiger partial charge in [0.15, 0.2) is 0 Å². The molecule has 24 heavy (non-hydrogen) atoms. The number of fused-ring (bicyclic) bond motifs is 1. The maximum Gasteiger partial charge on any atom is 0.305 e. The Morgan fingerprint density at radius 1 is 1.12 bits per heavy atom. The van der Waals surface area contributed by atoms with E-state index in [9.17, 15) is 14.7 Å². The van der Waals surface area contributed by atoms with Crippen LogP contribution < -0.4 is 5.32 Å². The van der Waals surface area contributed by atoms with Crippen LogP contribution in [0, 0.1) is 17.8 Å². The molecule has 2 aliphatic carbocycles. The Morgan fingerprint density at radius 2 is 1.88 bits per heavy atom. The zero-order valence-corrected chi connectivity index (χ0v) is 13.4. The van der Waals surface area contributed by atoms with E-state index in [2.05, 4.69) is 5.32 Å². The van der Waals surface area contributed by atoms with E-state index in [1.165, 1.54) is 12.8 Å². The molecule has 4 rings (SSSR count). The van der Waals surface area contributed by atoms with Gasteiger partial charge in [-0.1, -0.05) is 36.4 Å². The van der Waals surface area contributed by atoms with Gasteiger partial charge in [0.25, 0.3) is 0 Å². The number of amides is 1. The molecule has 2 saturated carbocycles. The SMILES string of the molecule is O=C(O)C[C@H](NC(=O)C1CC1C1CC1)c1ccc2ccccc2c1. The number of rotatable bonds is 6. The minimum atomic E-state index is -0.900. The smallest absolute Gasteiger partial charge is 0.305 e. The molecule has 0 heterocycles. The van der Waals surface area contributed by atoms with Gasteiger partial charge in [-0.2, -0.15) is 0 Å². The van der Waals surface area contributed by atoms with Crippen molar-refractivity contribution in [1.82, 2.24) is 5.32 Å². The lowest BCUT2D eigenvalue weighted by atomic mass is 9.99. The van der Waals surface area contributed by atoms with Crippen molar-refractivity contribution in [1.29, 1.82) is 0 Å². The summed E-state index contributed by atoms with van der Waals surface area (Å²) in [4.78, 5) is 23.7. The Morgan fingerprint density at radius 3 is 2.58 bits per heavy atom. The molecule has 0 aromatic heterocycles. The van der Waals surface area contributed by atoms with Gasteiger partial charge < -0.3 is 10.4 Å². The molecule has 2 aliphatic rings. The van der Waals surface area contributed by atoms with Gasteiger partial charge in [0, 0.05) is 5.92 Å². The van der Waals surface area contributed by atoms with Crippen LogP contribution in [0.2, 0.25) is 0 Å². The van der Waals surface area contributed by atoms with Crippen LogP contribution in [-0.4, -0.2) is 17.0 Å². The number of hydrogen-bond acceptors (Lipinski definition) is 2. The molecule has 2 aromatic rings. The summed E-state index contributed by atoms with van der Waals surface area (Å²) >= 11 is 0. The van der Waals surface area contributed by atoms with E-state index < -0.39 is 12.0 Å². The average Bonchev–Trinajstić information content (AvgIpc) is 3.45. The van der Waals surface area contributed by atoms with Crippen molar-refractivity contribution in [3.63, 3.8) is 0 Å². The van der Waals surface area contributed by atoms with Gasteiger partial charge in [-0.05, 0) is 53.5 Å². The molecule has 0 spiro atoms. The molecule has 124 valence electrons. The Hall–Kier alpha value is -2.36. The fourth-order valence-corrected chi connectivity index (χ4v) is 3.69. The summed E-state index contributed by atoms with van der Waals surface area (Å²) in [7, 11) is 0. The van der Waals surface area contributed by atoms with Crippen LogP contribution in [0.5, 0.6) is 0 Å². The first-order valence-corrected chi connectivity index (χ1v) is 8.62. The number of benzene rings is 2. The number of aliphatic carboxylic acids is 1. The fraction of sp³-hybridized carbons (Fsp3) is 0.400. The zero-order valence-electron chi connectivity index (χ0n) is 13.4. The summed E-state index contributed by atoms with van der Waals surface area (Å²) in [5.41, 5.74) is 0.855. The van der Waals surface area contributed by atoms with Gasteiger partial charge >= 0.3 is 5.97 Å². The zero-order chi connectivity index (χ0) is 16.7. The number of carboxylic acid groups (broad SMARTS) is 1. The van der Waals surface area contributed by atoms with Crippen LogP contribution in [-0.2, 0) is 9.59 Å². The lowest BCUT2D eigenvalue weighted by molar-refractivity contribution is -0.137. The molecule has 3 atom stereocenters. The molecule has 0 radical (unpaired) electrons. The van der Waals surface area contributed by atoms with Gasteiger partial charge in [0.1, 0.15) is 0 Å². The topological polar surface area (TPSA) is 66.4 Å².